The van der Waals surface area contributed by atoms with Gasteiger partial charge in [0.25, 0.3) is 0 Å². The van der Waals surface area contributed by atoms with Crippen molar-refractivity contribution in [2.24, 2.45) is 0 Å². The second-order valence-electron chi connectivity index (χ2n) is 2.99. The third-order valence-corrected chi connectivity index (χ3v) is 3.36. The predicted molar refractivity (Wildman–Crippen MR) is 67.9 cm³/mol. The van der Waals surface area contributed by atoms with Crippen molar-refractivity contribution in [1.29, 1.82) is 0 Å². The SMILES string of the molecule is C=C[C@@](C)(Cl)[C@H](Cl)/C=C/C(=C)C(Cl)Cl. The highest BCUT2D eigenvalue weighted by atomic mass is 35.5. The fourth-order valence-electron chi connectivity index (χ4n) is 0.582. The molecule has 0 bridgehead atoms. The van der Waals surface area contributed by atoms with E-state index in [2.05, 4.69) is 13.2 Å². The van der Waals surface area contributed by atoms with Gasteiger partial charge in [-0.1, -0.05) is 24.8 Å². The summed E-state index contributed by atoms with van der Waals surface area (Å²) >= 11 is 23.2. The predicted octanol–water partition coefficient (Wildman–Crippen LogP) is 4.69. The molecule has 0 saturated carbocycles. The van der Waals surface area contributed by atoms with E-state index in [9.17, 15) is 0 Å². The summed E-state index contributed by atoms with van der Waals surface area (Å²) in [5.74, 6) is 0. The van der Waals surface area contributed by atoms with E-state index >= 15 is 0 Å². The van der Waals surface area contributed by atoms with Crippen molar-refractivity contribution in [3.63, 3.8) is 0 Å². The van der Waals surface area contributed by atoms with Gasteiger partial charge in [-0.05, 0) is 12.5 Å². The van der Waals surface area contributed by atoms with Crippen molar-refractivity contribution in [3.8, 4) is 0 Å². The molecule has 0 fully saturated rings. The molecule has 80 valence electrons. The van der Waals surface area contributed by atoms with Gasteiger partial charge in [0.2, 0.25) is 0 Å². The van der Waals surface area contributed by atoms with Crippen LogP contribution in [0.3, 0.4) is 0 Å². The third-order valence-electron chi connectivity index (χ3n) is 1.70. The smallest absolute Gasteiger partial charge is 0.116 e. The molecule has 0 aliphatic heterocycles. The molecule has 14 heavy (non-hydrogen) atoms. The molecule has 0 nitrogen and oxygen atoms in total. The molecule has 2 atom stereocenters. The number of hydrogen-bond acceptors (Lipinski definition) is 0. The zero-order chi connectivity index (χ0) is 11.4. The number of halogens is 4. The molecule has 0 N–H and O–H groups in total. The van der Waals surface area contributed by atoms with Gasteiger partial charge in [-0.2, -0.15) is 0 Å². The quantitative estimate of drug-likeness (QED) is 0.387. The van der Waals surface area contributed by atoms with Gasteiger partial charge in [-0.15, -0.1) is 53.0 Å². The van der Waals surface area contributed by atoms with Gasteiger partial charge in [0.1, 0.15) is 4.84 Å². The Bertz CT molecular complexity index is 241. The van der Waals surface area contributed by atoms with Crippen molar-refractivity contribution < 1.29 is 0 Å². The molecule has 0 aliphatic rings. The summed E-state index contributed by atoms with van der Waals surface area (Å²) in [6.45, 7) is 9.02. The van der Waals surface area contributed by atoms with Crippen LogP contribution >= 0.6 is 46.4 Å². The molecule has 0 aromatic carbocycles. The van der Waals surface area contributed by atoms with Crippen LogP contribution in [0.15, 0.2) is 37.0 Å². The first-order valence-electron chi connectivity index (χ1n) is 3.93. The van der Waals surface area contributed by atoms with Crippen LogP contribution in [-0.4, -0.2) is 15.1 Å². The average Bonchev–Trinajstić information content (AvgIpc) is 2.13. The maximum atomic E-state index is 6.04. The first-order valence-corrected chi connectivity index (χ1v) is 5.61. The molecule has 0 unspecified atom stereocenters. The Hall–Kier alpha value is 0.380. The Kier molecular flexibility index (Phi) is 6.24. The summed E-state index contributed by atoms with van der Waals surface area (Å²) in [7, 11) is 0. The van der Waals surface area contributed by atoms with E-state index in [0.29, 0.717) is 5.57 Å². The highest BCUT2D eigenvalue weighted by Gasteiger charge is 2.24. The van der Waals surface area contributed by atoms with Crippen LogP contribution in [0, 0.1) is 0 Å². The minimum atomic E-state index is -0.688. The molecule has 0 rings (SSSR count). The van der Waals surface area contributed by atoms with Crippen molar-refractivity contribution in [2.75, 3.05) is 0 Å². The molecule has 4 heteroatoms. The zero-order valence-electron chi connectivity index (χ0n) is 7.81. The van der Waals surface area contributed by atoms with E-state index < -0.39 is 9.71 Å². The highest BCUT2D eigenvalue weighted by molar-refractivity contribution is 6.46. The summed E-state index contributed by atoms with van der Waals surface area (Å²) in [5.41, 5.74) is 0.579. The second-order valence-corrected chi connectivity index (χ2v) is 5.37. The Balaban J connectivity index is 4.39. The first-order chi connectivity index (χ1) is 6.31. The van der Waals surface area contributed by atoms with Gasteiger partial charge < -0.3 is 0 Å². The van der Waals surface area contributed by atoms with E-state index in [-0.39, 0.29) is 5.38 Å². The zero-order valence-corrected chi connectivity index (χ0v) is 10.8. The second kappa shape index (κ2) is 6.07. The van der Waals surface area contributed by atoms with Crippen LogP contribution in [0.4, 0.5) is 0 Å². The van der Waals surface area contributed by atoms with Crippen molar-refractivity contribution in [3.05, 3.63) is 37.0 Å². The van der Waals surface area contributed by atoms with Crippen LogP contribution in [-0.2, 0) is 0 Å². The van der Waals surface area contributed by atoms with Gasteiger partial charge in [0, 0.05) is 0 Å². The molecule has 0 radical (unpaired) electrons. The molecule has 0 aromatic heterocycles. The standard InChI is InChI=1S/C10H12Cl4/c1-4-10(3,14)8(11)6-5-7(2)9(12)13/h4-6,8-9H,1-2H2,3H3/b6-5+/t8-,10-/m1/s1. The molecular weight excluding hydrogens is 262 g/mol. The highest BCUT2D eigenvalue weighted by Crippen LogP contribution is 2.27. The summed E-state index contributed by atoms with van der Waals surface area (Å²) < 4.78 is 0. The minimum Gasteiger partial charge on any atom is -0.116 e. The average molecular weight is 274 g/mol. The Morgan fingerprint density at radius 1 is 1.36 bits per heavy atom. The lowest BCUT2D eigenvalue weighted by Crippen LogP contribution is -2.24. The van der Waals surface area contributed by atoms with Gasteiger partial charge in [-0.25, -0.2) is 0 Å². The lowest BCUT2D eigenvalue weighted by molar-refractivity contribution is 0.801. The molecule has 0 heterocycles. The van der Waals surface area contributed by atoms with Gasteiger partial charge in [0.05, 0.1) is 10.3 Å². The van der Waals surface area contributed by atoms with E-state index in [1.807, 2.05) is 0 Å². The van der Waals surface area contributed by atoms with Crippen LogP contribution < -0.4 is 0 Å². The Morgan fingerprint density at radius 2 is 1.86 bits per heavy atom. The largest absolute Gasteiger partial charge is 0.132 e. The summed E-state index contributed by atoms with van der Waals surface area (Å²) in [5, 5.41) is -0.384. The molecule has 0 spiro atoms. The number of rotatable bonds is 5. The number of allylic oxidation sites excluding steroid dienone is 4. The van der Waals surface area contributed by atoms with Crippen LogP contribution in [0.5, 0.6) is 0 Å². The number of alkyl halides is 4. The third kappa shape index (κ3) is 4.75. The van der Waals surface area contributed by atoms with Crippen molar-refractivity contribution in [2.45, 2.75) is 22.0 Å². The first kappa shape index (κ1) is 14.4. The van der Waals surface area contributed by atoms with E-state index in [1.165, 1.54) is 0 Å². The Labute approximate surface area is 105 Å². The lowest BCUT2D eigenvalue weighted by Gasteiger charge is -2.20. The fraction of sp³-hybridized carbons (Fsp3) is 0.400. The van der Waals surface area contributed by atoms with E-state index in [0.717, 1.165) is 0 Å². The normalized spacial score (nSPS) is 18.1. The van der Waals surface area contributed by atoms with Crippen LogP contribution in [0.2, 0.25) is 0 Å². The van der Waals surface area contributed by atoms with E-state index in [4.69, 9.17) is 46.4 Å². The number of hydrogen-bond donors (Lipinski definition) is 0. The molecule has 0 aliphatic carbocycles. The monoisotopic (exact) mass is 272 g/mol. The van der Waals surface area contributed by atoms with Crippen molar-refractivity contribution >= 4 is 46.4 Å². The molecule has 0 aromatic rings. The van der Waals surface area contributed by atoms with Gasteiger partial charge in [-0.3, -0.25) is 0 Å². The maximum absolute atomic E-state index is 6.04. The van der Waals surface area contributed by atoms with Crippen LogP contribution in [0.1, 0.15) is 6.92 Å². The van der Waals surface area contributed by atoms with E-state index in [1.54, 1.807) is 25.2 Å². The molecule has 0 saturated heterocycles. The molecular formula is C10H12Cl4. The molecule has 0 amide bonds. The summed E-state index contributed by atoms with van der Waals surface area (Å²) in [6.07, 6.45) is 4.93. The minimum absolute atomic E-state index is 0.384. The topological polar surface area (TPSA) is 0 Å². The summed E-state index contributed by atoms with van der Waals surface area (Å²) in [4.78, 5) is -1.31. The Morgan fingerprint density at radius 3 is 2.21 bits per heavy atom. The van der Waals surface area contributed by atoms with Crippen LogP contribution in [0.25, 0.3) is 0 Å². The van der Waals surface area contributed by atoms with Crippen molar-refractivity contribution in [1.82, 2.24) is 0 Å². The lowest BCUT2D eigenvalue weighted by atomic mass is 10.1. The fourth-order valence-corrected chi connectivity index (χ4v) is 0.962. The summed E-state index contributed by atoms with van der Waals surface area (Å²) in [6, 6.07) is 0. The maximum Gasteiger partial charge on any atom is 0.132 e. The van der Waals surface area contributed by atoms with Gasteiger partial charge in [0.15, 0.2) is 0 Å². The van der Waals surface area contributed by atoms with Gasteiger partial charge >= 0.3 is 0 Å².